The number of hydrogen-bond donors (Lipinski definition) is 1. The molecule has 1 atom stereocenters. The quantitative estimate of drug-likeness (QED) is 0.335. The van der Waals surface area contributed by atoms with E-state index in [2.05, 4.69) is 6.07 Å². The number of carbonyl (C=O) groups excluding carboxylic acids is 2. The number of hydrogen-bond acceptors (Lipinski definition) is 7. The van der Waals surface area contributed by atoms with Gasteiger partial charge in [0.1, 0.15) is 11.2 Å². The first-order chi connectivity index (χ1) is 19.4. The van der Waals surface area contributed by atoms with Gasteiger partial charge < -0.3 is 29.7 Å². The molecule has 2 amide bonds. The van der Waals surface area contributed by atoms with Crippen LogP contribution in [0, 0.1) is 0 Å². The molecular weight excluding hydrogens is 522 g/mol. The van der Waals surface area contributed by atoms with Gasteiger partial charge in [0.25, 0.3) is 0 Å². The first-order valence-electron chi connectivity index (χ1n) is 15.7. The molecule has 0 spiro atoms. The third kappa shape index (κ3) is 11.1. The summed E-state index contributed by atoms with van der Waals surface area (Å²) < 4.78 is 19.4. The molecule has 0 bridgehead atoms. The number of carbonyl (C=O) groups is 2. The second kappa shape index (κ2) is 15.2. The Balaban J connectivity index is 1.62. The highest BCUT2D eigenvalue weighted by atomic mass is 16.6. The van der Waals surface area contributed by atoms with Crippen molar-refractivity contribution in [2.75, 3.05) is 26.2 Å². The van der Waals surface area contributed by atoms with Crippen LogP contribution in [0.4, 0.5) is 9.59 Å². The second-order valence-corrected chi connectivity index (χ2v) is 13.5. The molecule has 2 aliphatic rings. The summed E-state index contributed by atoms with van der Waals surface area (Å²) in [5.74, 6) is 0. The third-order valence-electron chi connectivity index (χ3n) is 7.48. The van der Waals surface area contributed by atoms with Gasteiger partial charge in [0.05, 0.1) is 11.4 Å². The van der Waals surface area contributed by atoms with Gasteiger partial charge in [0, 0.05) is 38.8 Å². The van der Waals surface area contributed by atoms with Gasteiger partial charge in [-0.2, -0.15) is 5.10 Å². The molecule has 0 radical (unpaired) electrons. The van der Waals surface area contributed by atoms with Crippen LogP contribution < -0.4 is 5.73 Å². The third-order valence-corrected chi connectivity index (χ3v) is 7.48. The van der Waals surface area contributed by atoms with Crippen molar-refractivity contribution < 1.29 is 23.8 Å². The Hall–Kier alpha value is -2.33. The van der Waals surface area contributed by atoms with Crippen molar-refractivity contribution in [3.05, 3.63) is 17.5 Å². The van der Waals surface area contributed by atoms with Crippen molar-refractivity contribution in [1.82, 2.24) is 19.6 Å². The van der Waals surface area contributed by atoms with Gasteiger partial charge in [0.2, 0.25) is 0 Å². The summed E-state index contributed by atoms with van der Waals surface area (Å²) in [6, 6.07) is 2.24. The SMILES string of the molecule is CC(C)(C)OC(=O)N(CCCc1cc(CN)n(C2CCCCO2)n1)CCCN(C(=O)OC(C)(C)C)C1CCCCC1. The number of ether oxygens (including phenoxy) is 3. The van der Waals surface area contributed by atoms with Crippen molar-refractivity contribution in [3.63, 3.8) is 0 Å². The van der Waals surface area contributed by atoms with E-state index in [1.807, 2.05) is 51.1 Å². The summed E-state index contributed by atoms with van der Waals surface area (Å²) in [6.45, 7) is 14.1. The number of aromatic nitrogens is 2. The fourth-order valence-electron chi connectivity index (χ4n) is 5.57. The van der Waals surface area contributed by atoms with E-state index in [4.69, 9.17) is 25.0 Å². The van der Waals surface area contributed by atoms with Gasteiger partial charge in [-0.25, -0.2) is 14.3 Å². The van der Waals surface area contributed by atoms with Crippen LogP contribution in [-0.4, -0.2) is 75.3 Å². The molecular formula is C31H55N5O5. The number of rotatable bonds is 11. The summed E-state index contributed by atoms with van der Waals surface area (Å²) in [7, 11) is 0. The van der Waals surface area contributed by atoms with Crippen LogP contribution in [0.15, 0.2) is 6.07 Å². The zero-order valence-corrected chi connectivity index (χ0v) is 26.5. The molecule has 2 N–H and O–H groups in total. The molecule has 3 rings (SSSR count). The van der Waals surface area contributed by atoms with E-state index < -0.39 is 11.2 Å². The van der Waals surface area contributed by atoms with E-state index in [1.54, 1.807) is 4.90 Å². The molecule has 2 fully saturated rings. The summed E-state index contributed by atoms with van der Waals surface area (Å²) >= 11 is 0. The monoisotopic (exact) mass is 577 g/mol. The first kappa shape index (κ1) is 33.2. The molecule has 0 aromatic carbocycles. The zero-order valence-electron chi connectivity index (χ0n) is 26.5. The van der Waals surface area contributed by atoms with Gasteiger partial charge >= 0.3 is 12.2 Å². The summed E-state index contributed by atoms with van der Waals surface area (Å²) in [4.78, 5) is 29.9. The highest BCUT2D eigenvalue weighted by Gasteiger charge is 2.30. The summed E-state index contributed by atoms with van der Waals surface area (Å²) in [5, 5.41) is 4.81. The lowest BCUT2D eigenvalue weighted by molar-refractivity contribution is -0.0412. The Bertz CT molecular complexity index is 955. The number of nitrogens with zero attached hydrogens (tertiary/aromatic N) is 4. The standard InChI is InChI=1S/C31H55N5O5/c1-30(2,3)40-28(37)34(18-12-14-24-22-26(23-32)36(33-24)27-17-10-11-21-39-27)19-13-20-35(25-15-8-7-9-16-25)29(38)41-31(4,5)6/h22,25,27H,7-21,23,32H2,1-6H3. The van der Waals surface area contributed by atoms with E-state index in [0.717, 1.165) is 75.8 Å². The van der Waals surface area contributed by atoms with Gasteiger partial charge in [-0.15, -0.1) is 0 Å². The average Bonchev–Trinajstić information content (AvgIpc) is 3.32. The Kier molecular flexibility index (Phi) is 12.3. The Labute approximate surface area is 247 Å². The van der Waals surface area contributed by atoms with Crippen LogP contribution in [0.2, 0.25) is 0 Å². The average molecular weight is 578 g/mol. The van der Waals surface area contributed by atoms with Gasteiger partial charge in [-0.3, -0.25) is 0 Å². The summed E-state index contributed by atoms with van der Waals surface area (Å²) in [6.07, 6.45) is 10.1. The lowest BCUT2D eigenvalue weighted by Crippen LogP contribution is -2.46. The fourth-order valence-corrected chi connectivity index (χ4v) is 5.57. The largest absolute Gasteiger partial charge is 0.444 e. The van der Waals surface area contributed by atoms with E-state index >= 15 is 0 Å². The smallest absolute Gasteiger partial charge is 0.410 e. The second-order valence-electron chi connectivity index (χ2n) is 13.5. The molecule has 1 aromatic heterocycles. The molecule has 1 saturated heterocycles. The predicted molar refractivity (Wildman–Crippen MR) is 160 cm³/mol. The van der Waals surface area contributed by atoms with E-state index in [1.165, 1.54) is 6.42 Å². The number of nitrogens with two attached hydrogens (primary N) is 1. The predicted octanol–water partition coefficient (Wildman–Crippen LogP) is 6.17. The highest BCUT2D eigenvalue weighted by Crippen LogP contribution is 2.26. The molecule has 10 nitrogen and oxygen atoms in total. The molecule has 2 heterocycles. The van der Waals surface area contributed by atoms with Gasteiger partial charge in [-0.1, -0.05) is 19.3 Å². The lowest BCUT2D eigenvalue weighted by atomic mass is 9.94. The van der Waals surface area contributed by atoms with Crippen molar-refractivity contribution in [2.24, 2.45) is 5.73 Å². The molecule has 234 valence electrons. The zero-order chi connectivity index (χ0) is 30.0. The van der Waals surface area contributed by atoms with Crippen LogP contribution in [0.5, 0.6) is 0 Å². The minimum absolute atomic E-state index is 0.0496. The molecule has 1 aliphatic carbocycles. The molecule has 1 saturated carbocycles. The van der Waals surface area contributed by atoms with Gasteiger partial charge in [0.15, 0.2) is 6.23 Å². The van der Waals surface area contributed by atoms with E-state index in [-0.39, 0.29) is 24.5 Å². The van der Waals surface area contributed by atoms with Crippen molar-refractivity contribution >= 4 is 12.2 Å². The van der Waals surface area contributed by atoms with Crippen LogP contribution in [0.1, 0.15) is 123 Å². The molecule has 1 aliphatic heterocycles. The van der Waals surface area contributed by atoms with Crippen molar-refractivity contribution in [1.29, 1.82) is 0 Å². The van der Waals surface area contributed by atoms with Crippen LogP contribution >= 0.6 is 0 Å². The molecule has 1 aromatic rings. The van der Waals surface area contributed by atoms with Crippen LogP contribution in [0.25, 0.3) is 0 Å². The topological polar surface area (TPSA) is 112 Å². The Morgan fingerprint density at radius 1 is 0.927 bits per heavy atom. The normalized spacial score (nSPS) is 18.7. The van der Waals surface area contributed by atoms with E-state index in [0.29, 0.717) is 32.6 Å². The van der Waals surface area contributed by atoms with Gasteiger partial charge in [-0.05, 0) is 99.0 Å². The number of aryl methyl sites for hydroxylation is 1. The summed E-state index contributed by atoms with van der Waals surface area (Å²) in [5.41, 5.74) is 6.80. The first-order valence-corrected chi connectivity index (χ1v) is 15.7. The molecule has 1 unspecified atom stereocenters. The highest BCUT2D eigenvalue weighted by molar-refractivity contribution is 5.69. The Morgan fingerprint density at radius 3 is 2.17 bits per heavy atom. The maximum Gasteiger partial charge on any atom is 0.410 e. The van der Waals surface area contributed by atoms with Crippen LogP contribution in [-0.2, 0) is 27.2 Å². The minimum atomic E-state index is -0.589. The number of amides is 2. The Morgan fingerprint density at radius 2 is 1.56 bits per heavy atom. The molecule has 41 heavy (non-hydrogen) atoms. The minimum Gasteiger partial charge on any atom is -0.444 e. The van der Waals surface area contributed by atoms with Crippen molar-refractivity contribution in [2.45, 2.75) is 142 Å². The molecule has 10 heteroatoms. The van der Waals surface area contributed by atoms with Crippen molar-refractivity contribution in [3.8, 4) is 0 Å². The maximum atomic E-state index is 13.2. The lowest BCUT2D eigenvalue weighted by Gasteiger charge is -2.36. The van der Waals surface area contributed by atoms with E-state index in [9.17, 15) is 9.59 Å². The van der Waals surface area contributed by atoms with Crippen LogP contribution in [0.3, 0.4) is 0 Å². The fraction of sp³-hybridized carbons (Fsp3) is 0.839. The maximum absolute atomic E-state index is 13.2.